The zero-order chi connectivity index (χ0) is 15.6. The Balaban J connectivity index is 2.28. The maximum Gasteiger partial charge on any atom is 0.408 e. The molecule has 116 valence electrons. The van der Waals surface area contributed by atoms with E-state index in [-0.39, 0.29) is 0 Å². The number of ether oxygens (including phenoxy) is 1. The first-order valence-corrected chi connectivity index (χ1v) is 7.25. The molecule has 2 saturated carbocycles. The fourth-order valence-corrected chi connectivity index (χ4v) is 4.02. The molecule has 2 rings (SSSR count). The van der Waals surface area contributed by atoms with Gasteiger partial charge in [0.2, 0.25) is 0 Å². The van der Waals surface area contributed by atoms with Gasteiger partial charge in [-0.3, -0.25) is 0 Å². The van der Waals surface area contributed by atoms with Crippen molar-refractivity contribution in [1.82, 2.24) is 5.32 Å². The third-order valence-electron chi connectivity index (χ3n) is 5.76. The second-order valence-corrected chi connectivity index (χ2v) is 8.03. The van der Waals surface area contributed by atoms with Gasteiger partial charge in [0.15, 0.2) is 0 Å². The number of carbonyl (C=O) groups is 1. The van der Waals surface area contributed by atoms with Gasteiger partial charge in [-0.25, -0.2) is 4.79 Å². The van der Waals surface area contributed by atoms with Gasteiger partial charge in [-0.1, -0.05) is 20.8 Å². The standard InChI is InChI=1S/C15H27NO4/c1-12(2,3)20-11(19)16-15-8-7-14(6,13(15,4)5)9(17)10(15)18/h9-10,17-18H,7-8H2,1-6H3,(H,16,19)/t9-,10+,14-,15-/m0/s1. The smallest absolute Gasteiger partial charge is 0.408 e. The molecular formula is C15H27NO4. The average molecular weight is 285 g/mol. The van der Waals surface area contributed by atoms with Gasteiger partial charge in [-0.15, -0.1) is 0 Å². The van der Waals surface area contributed by atoms with E-state index in [1.807, 2.05) is 20.8 Å². The maximum absolute atomic E-state index is 12.1. The molecule has 0 aliphatic heterocycles. The molecule has 5 heteroatoms. The summed E-state index contributed by atoms with van der Waals surface area (Å²) in [7, 11) is 0. The Kier molecular flexibility index (Phi) is 3.20. The number of hydrogen-bond acceptors (Lipinski definition) is 4. The van der Waals surface area contributed by atoms with Crippen molar-refractivity contribution in [3.05, 3.63) is 0 Å². The number of carbonyl (C=O) groups excluding carboxylic acids is 1. The Morgan fingerprint density at radius 2 is 1.70 bits per heavy atom. The molecule has 0 aromatic rings. The van der Waals surface area contributed by atoms with Gasteiger partial charge < -0.3 is 20.3 Å². The van der Waals surface area contributed by atoms with Crippen LogP contribution in [-0.2, 0) is 4.74 Å². The number of amides is 1. The van der Waals surface area contributed by atoms with Crippen molar-refractivity contribution < 1.29 is 19.7 Å². The zero-order valence-electron chi connectivity index (χ0n) is 13.3. The van der Waals surface area contributed by atoms with E-state index in [0.717, 1.165) is 6.42 Å². The lowest BCUT2D eigenvalue weighted by atomic mass is 9.68. The maximum atomic E-state index is 12.1. The van der Waals surface area contributed by atoms with E-state index in [4.69, 9.17) is 4.74 Å². The summed E-state index contributed by atoms with van der Waals surface area (Å²) in [4.78, 5) is 12.1. The molecule has 0 spiro atoms. The van der Waals surface area contributed by atoms with Crippen LogP contribution in [0.3, 0.4) is 0 Å². The minimum atomic E-state index is -0.969. The van der Waals surface area contributed by atoms with Crippen LogP contribution in [0.4, 0.5) is 4.79 Å². The molecule has 0 radical (unpaired) electrons. The molecule has 0 aromatic heterocycles. The molecule has 3 N–H and O–H groups in total. The molecule has 2 bridgehead atoms. The fraction of sp³-hybridized carbons (Fsp3) is 0.933. The first-order valence-electron chi connectivity index (χ1n) is 7.25. The van der Waals surface area contributed by atoms with Crippen LogP contribution in [0, 0.1) is 10.8 Å². The Morgan fingerprint density at radius 3 is 2.10 bits per heavy atom. The molecule has 5 nitrogen and oxygen atoms in total. The van der Waals surface area contributed by atoms with Crippen molar-refractivity contribution in [2.75, 3.05) is 0 Å². The third kappa shape index (κ3) is 1.79. The van der Waals surface area contributed by atoms with Crippen molar-refractivity contribution in [2.24, 2.45) is 10.8 Å². The third-order valence-corrected chi connectivity index (χ3v) is 5.76. The van der Waals surface area contributed by atoms with Crippen molar-refractivity contribution in [3.63, 3.8) is 0 Å². The number of alkyl carbamates (subject to hydrolysis) is 1. The van der Waals surface area contributed by atoms with Gasteiger partial charge in [0.25, 0.3) is 0 Å². The molecule has 2 fully saturated rings. The molecule has 20 heavy (non-hydrogen) atoms. The molecule has 2 aliphatic rings. The van der Waals surface area contributed by atoms with Gasteiger partial charge in [0.1, 0.15) is 11.7 Å². The average Bonchev–Trinajstić information content (AvgIpc) is 2.50. The van der Waals surface area contributed by atoms with E-state index < -0.39 is 40.3 Å². The predicted molar refractivity (Wildman–Crippen MR) is 75.2 cm³/mol. The van der Waals surface area contributed by atoms with Crippen LogP contribution in [-0.4, -0.2) is 39.7 Å². The normalized spacial score (nSPS) is 42.6. The van der Waals surface area contributed by atoms with E-state index in [2.05, 4.69) is 5.32 Å². The van der Waals surface area contributed by atoms with Gasteiger partial charge in [0.05, 0.1) is 11.6 Å². The highest BCUT2D eigenvalue weighted by molar-refractivity contribution is 5.69. The van der Waals surface area contributed by atoms with Gasteiger partial charge in [-0.2, -0.15) is 0 Å². The summed E-state index contributed by atoms with van der Waals surface area (Å²) in [6.45, 7) is 11.4. The van der Waals surface area contributed by atoms with Crippen molar-refractivity contribution in [1.29, 1.82) is 0 Å². The first kappa shape index (κ1) is 15.6. The van der Waals surface area contributed by atoms with Gasteiger partial charge >= 0.3 is 6.09 Å². The molecule has 0 aromatic carbocycles. The number of rotatable bonds is 1. The Labute approximate surface area is 120 Å². The Hall–Kier alpha value is -0.810. The summed E-state index contributed by atoms with van der Waals surface area (Å²) in [5.41, 5.74) is -2.23. The minimum Gasteiger partial charge on any atom is -0.444 e. The van der Waals surface area contributed by atoms with E-state index >= 15 is 0 Å². The van der Waals surface area contributed by atoms with Gasteiger partial charge in [-0.05, 0) is 39.0 Å². The Bertz CT molecular complexity index is 428. The molecule has 0 unspecified atom stereocenters. The Morgan fingerprint density at radius 1 is 1.15 bits per heavy atom. The minimum absolute atomic E-state index is 0.401. The number of hydrogen-bond donors (Lipinski definition) is 3. The molecule has 0 saturated heterocycles. The van der Waals surface area contributed by atoms with Crippen molar-refractivity contribution in [2.45, 2.75) is 77.7 Å². The summed E-state index contributed by atoms with van der Waals surface area (Å²) in [6.07, 6.45) is -0.921. The quantitative estimate of drug-likeness (QED) is 0.686. The summed E-state index contributed by atoms with van der Waals surface area (Å²) in [5.74, 6) is 0. The lowest BCUT2D eigenvalue weighted by molar-refractivity contribution is -0.0598. The highest BCUT2D eigenvalue weighted by Crippen LogP contribution is 2.67. The number of nitrogens with one attached hydrogen (secondary N) is 1. The van der Waals surface area contributed by atoms with E-state index in [0.29, 0.717) is 6.42 Å². The summed E-state index contributed by atoms with van der Waals surface area (Å²) >= 11 is 0. The molecule has 2 aliphatic carbocycles. The van der Waals surface area contributed by atoms with Gasteiger partial charge in [0, 0.05) is 5.41 Å². The SMILES string of the molecule is CC(C)(C)OC(=O)N[C@@]12CC[C@@](C)([C@@H](O)[C@H]1O)C2(C)C. The number of aliphatic hydroxyl groups is 2. The molecule has 4 atom stereocenters. The summed E-state index contributed by atoms with van der Waals surface area (Å²) in [6, 6.07) is 0. The van der Waals surface area contributed by atoms with E-state index in [1.54, 1.807) is 20.8 Å². The topological polar surface area (TPSA) is 78.8 Å². The van der Waals surface area contributed by atoms with Crippen molar-refractivity contribution >= 4 is 6.09 Å². The van der Waals surface area contributed by atoms with Crippen molar-refractivity contribution in [3.8, 4) is 0 Å². The van der Waals surface area contributed by atoms with Crippen LogP contribution in [0.25, 0.3) is 0 Å². The highest BCUT2D eigenvalue weighted by atomic mass is 16.6. The summed E-state index contributed by atoms with van der Waals surface area (Å²) in [5, 5.41) is 23.7. The number of aliphatic hydroxyl groups excluding tert-OH is 2. The highest BCUT2D eigenvalue weighted by Gasteiger charge is 2.74. The lowest BCUT2D eigenvalue weighted by Crippen LogP contribution is -2.61. The summed E-state index contributed by atoms with van der Waals surface area (Å²) < 4.78 is 5.31. The lowest BCUT2D eigenvalue weighted by Gasteiger charge is -2.42. The monoisotopic (exact) mass is 285 g/mol. The number of fused-ring (bicyclic) bond motifs is 2. The second kappa shape index (κ2) is 4.10. The van der Waals surface area contributed by atoms with Crippen LogP contribution in [0.2, 0.25) is 0 Å². The van der Waals surface area contributed by atoms with Crippen LogP contribution >= 0.6 is 0 Å². The molecule has 1 amide bonds. The van der Waals surface area contributed by atoms with E-state index in [1.165, 1.54) is 0 Å². The molecular weight excluding hydrogens is 258 g/mol. The fourth-order valence-electron chi connectivity index (χ4n) is 4.02. The van der Waals surface area contributed by atoms with Crippen LogP contribution in [0.1, 0.15) is 54.4 Å². The zero-order valence-corrected chi connectivity index (χ0v) is 13.3. The molecule has 0 heterocycles. The van der Waals surface area contributed by atoms with Crippen LogP contribution < -0.4 is 5.32 Å². The predicted octanol–water partition coefficient (Wildman–Crippen LogP) is 1.81. The van der Waals surface area contributed by atoms with Crippen LogP contribution in [0.15, 0.2) is 0 Å². The second-order valence-electron chi connectivity index (χ2n) is 8.03. The van der Waals surface area contributed by atoms with E-state index in [9.17, 15) is 15.0 Å². The van der Waals surface area contributed by atoms with Crippen LogP contribution in [0.5, 0.6) is 0 Å². The first-order chi connectivity index (χ1) is 8.87. The largest absolute Gasteiger partial charge is 0.444 e.